The third kappa shape index (κ3) is 10.5. The minimum Gasteiger partial charge on any atom is -0.744 e. The Hall–Kier alpha value is -3.43. The zero-order chi connectivity index (χ0) is 40.9. The fourth-order valence-electron chi connectivity index (χ4n) is 5.73. The molecule has 0 aromatic heterocycles. The van der Waals surface area contributed by atoms with Gasteiger partial charge in [0, 0.05) is 16.9 Å². The maximum Gasteiger partial charge on any atom is 1.00 e. The number of hydrogen-bond acceptors (Lipinski definition) is 19. The number of allylic oxidation sites excluding steroid dienone is 2. The topological polar surface area (TPSA) is 325 Å². The molecule has 59 heavy (non-hydrogen) atoms. The van der Waals surface area contributed by atoms with Crippen molar-refractivity contribution in [3.63, 3.8) is 0 Å². The number of hydrogen-bond donors (Lipinski definition) is 4. The van der Waals surface area contributed by atoms with Crippen LogP contribution in [0.5, 0.6) is 11.5 Å². The van der Waals surface area contributed by atoms with Gasteiger partial charge in [-0.25, -0.2) is 25.3 Å². The maximum absolute atomic E-state index is 13.4. The van der Waals surface area contributed by atoms with E-state index in [1.54, 1.807) is 18.2 Å². The van der Waals surface area contributed by atoms with Crippen LogP contribution in [-0.2, 0) is 30.4 Å². The van der Waals surface area contributed by atoms with Crippen LogP contribution in [0.4, 0.5) is 22.7 Å². The average Bonchev–Trinajstić information content (AvgIpc) is 3.12. The Kier molecular flexibility index (Phi) is 16.2. The number of benzene rings is 4. The third-order valence-corrected chi connectivity index (χ3v) is 10.8. The first-order valence-electron chi connectivity index (χ1n) is 15.5. The molecule has 290 valence electrons. The molecule has 0 radical (unpaired) electrons. The molecule has 2 aliphatic rings. The molecule has 0 amide bonds. The van der Waals surface area contributed by atoms with E-state index in [2.05, 4.69) is 21.1 Å². The minimum absolute atomic E-state index is 0. The predicted molar refractivity (Wildman–Crippen MR) is 201 cm³/mol. The molecule has 0 spiro atoms. The summed E-state index contributed by atoms with van der Waals surface area (Å²) in [5.41, 5.74) is 15.7. The molecular weight excluding hydrogens is 866 g/mol. The van der Waals surface area contributed by atoms with E-state index >= 15 is 0 Å². The Balaban J connectivity index is 0.00000310. The maximum atomic E-state index is 13.4. The van der Waals surface area contributed by atoms with Gasteiger partial charge in [-0.3, -0.25) is 20.4 Å². The van der Waals surface area contributed by atoms with Crippen molar-refractivity contribution in [1.82, 2.24) is 0 Å². The Bertz CT molecular complexity index is 2880. The number of hydrazone groups is 2. The number of nitrogens with one attached hydrogen (secondary N) is 2. The smallest absolute Gasteiger partial charge is 0.744 e. The number of anilines is 4. The van der Waals surface area contributed by atoms with Gasteiger partial charge in [0.1, 0.15) is 53.3 Å². The molecule has 19 nitrogen and oxygen atoms in total. The van der Waals surface area contributed by atoms with Crippen LogP contribution in [0.3, 0.4) is 0 Å². The Labute approximate surface area is 403 Å². The van der Waals surface area contributed by atoms with Gasteiger partial charge < -0.3 is 34.6 Å². The van der Waals surface area contributed by atoms with Crippen molar-refractivity contribution in [2.45, 2.75) is 4.90 Å². The summed E-state index contributed by atoms with van der Waals surface area (Å²) in [6.07, 6.45) is 1.70. The van der Waals surface area contributed by atoms with Gasteiger partial charge in [-0.15, -0.1) is 0 Å². The van der Waals surface area contributed by atoms with Crippen LogP contribution in [-0.4, -0.2) is 76.1 Å². The summed E-state index contributed by atoms with van der Waals surface area (Å²) in [5.74, 6) is -1.70. The largest absolute Gasteiger partial charge is 1.00 e. The number of fused-ring (bicyclic) bond motifs is 2. The number of carbonyl (C=O) groups is 2. The van der Waals surface area contributed by atoms with Crippen molar-refractivity contribution in [2.24, 2.45) is 10.2 Å². The van der Waals surface area contributed by atoms with Gasteiger partial charge in [-0.05, 0) is 89.0 Å². The number of nitrogens with two attached hydrogens (primary N) is 2. The summed E-state index contributed by atoms with van der Waals surface area (Å²) in [5, 5.41) is 7.83. The van der Waals surface area contributed by atoms with Gasteiger partial charge >= 0.3 is 88.7 Å². The van der Waals surface area contributed by atoms with Gasteiger partial charge in [0.05, 0.1) is 45.9 Å². The van der Waals surface area contributed by atoms with Crippen molar-refractivity contribution in [2.75, 3.05) is 36.5 Å². The molecule has 6 N–H and O–H groups in total. The number of methoxy groups -OCH3 is 2. The summed E-state index contributed by atoms with van der Waals surface area (Å²) in [4.78, 5) is 23.8. The molecule has 2 aliphatic carbocycles. The molecule has 0 saturated carbocycles. The predicted octanol–water partition coefficient (Wildman–Crippen LogP) is -6.45. The zero-order valence-electron chi connectivity index (χ0n) is 31.6. The molecule has 6 rings (SSSR count). The van der Waals surface area contributed by atoms with Crippen LogP contribution < -0.4 is 120 Å². The quantitative estimate of drug-likeness (QED) is 0.0498. The standard InChI is InChI=1S/C34H28N6O13S3.3Na/c1-52-26-11-16(3-7-24(26)37-39-31-28(55(46,47)48)13-18-9-20(35)5-6-22(18)33(31)41)17-4-8-25(27(12-17)53-2)38-40-32-29(56(49,50)51)14-19-10-21(54(43,44)45)15-23(36)30(19)34(32)42;;;/h3-15,37-38H,35-36H2,1-2H3,(H,43,44,45)(H,46,47,48)(H,49,50,51);;;/q;3*+1/p-3. The molecule has 4 aromatic carbocycles. The monoisotopic (exact) mass is 890 g/mol. The van der Waals surface area contributed by atoms with E-state index in [-0.39, 0.29) is 139 Å². The van der Waals surface area contributed by atoms with E-state index < -0.39 is 73.7 Å². The molecule has 0 fully saturated rings. The molecule has 0 aliphatic heterocycles. The van der Waals surface area contributed by atoms with Crippen LogP contribution in [0.2, 0.25) is 0 Å². The SMILES string of the molecule is COc1cc(-c2ccc(NN=C3C(=O)c4c(N)cc(S(=O)(=O)[O-])cc4C=C3S(=O)(=O)[O-])c(OC)c2)ccc1NN=C1C(=O)c2ccc(N)cc2C=C1S(=O)(=O)[O-].[Na+].[Na+].[Na+]. The number of nitrogens with zero attached hydrogens (tertiary/aromatic N) is 2. The zero-order valence-corrected chi connectivity index (χ0v) is 40.0. The second kappa shape index (κ2) is 19.1. The molecular formula is C34H25N6Na3O13S3. The average molecular weight is 891 g/mol. The molecule has 0 unspecified atom stereocenters. The number of Topliss-reactive ketones (excluding diaryl/α,β-unsaturated/α-hetero) is 2. The first-order chi connectivity index (χ1) is 26.2. The Morgan fingerprint density at radius 3 is 1.53 bits per heavy atom. The van der Waals surface area contributed by atoms with E-state index in [0.29, 0.717) is 17.2 Å². The summed E-state index contributed by atoms with van der Waals surface area (Å²) in [6, 6.07) is 14.8. The molecule has 0 heterocycles. The molecule has 4 aromatic rings. The summed E-state index contributed by atoms with van der Waals surface area (Å²) >= 11 is 0. The fraction of sp³-hybridized carbons (Fsp3) is 0.0588. The number of nitrogen functional groups attached to an aromatic ring is 2. The van der Waals surface area contributed by atoms with E-state index in [9.17, 15) is 48.5 Å². The molecule has 25 heteroatoms. The summed E-state index contributed by atoms with van der Waals surface area (Å²) < 4.78 is 118. The van der Waals surface area contributed by atoms with Crippen LogP contribution >= 0.6 is 0 Å². The first kappa shape index (κ1) is 49.9. The fourth-order valence-corrected chi connectivity index (χ4v) is 7.56. The molecule has 0 atom stereocenters. The van der Waals surface area contributed by atoms with Crippen LogP contribution in [0.15, 0.2) is 91.6 Å². The van der Waals surface area contributed by atoms with Crippen LogP contribution in [0.1, 0.15) is 31.8 Å². The Morgan fingerprint density at radius 2 is 1.07 bits per heavy atom. The van der Waals surface area contributed by atoms with Crippen molar-refractivity contribution < 1.29 is 147 Å². The number of ketones is 2. The van der Waals surface area contributed by atoms with Crippen LogP contribution in [0, 0.1) is 0 Å². The van der Waals surface area contributed by atoms with Gasteiger partial charge in [0.2, 0.25) is 11.6 Å². The summed E-state index contributed by atoms with van der Waals surface area (Å²) in [6.45, 7) is 0. The van der Waals surface area contributed by atoms with Crippen molar-refractivity contribution in [3.05, 3.63) is 98.8 Å². The van der Waals surface area contributed by atoms with Crippen molar-refractivity contribution in [3.8, 4) is 22.6 Å². The van der Waals surface area contributed by atoms with Gasteiger partial charge in [0.25, 0.3) is 0 Å². The molecule has 0 bridgehead atoms. The minimum atomic E-state index is -5.39. The molecule has 0 saturated heterocycles. The van der Waals surface area contributed by atoms with Crippen molar-refractivity contribution >= 4 is 88.2 Å². The third-order valence-electron chi connectivity index (χ3n) is 8.33. The number of ether oxygens (including phenoxy) is 2. The van der Waals surface area contributed by atoms with E-state index in [1.165, 1.54) is 50.6 Å². The van der Waals surface area contributed by atoms with Gasteiger partial charge in [0.15, 0.2) is 0 Å². The van der Waals surface area contributed by atoms with Crippen molar-refractivity contribution in [1.29, 1.82) is 0 Å². The van der Waals surface area contributed by atoms with E-state index in [0.717, 1.165) is 18.2 Å². The van der Waals surface area contributed by atoms with E-state index in [4.69, 9.17) is 20.9 Å². The second-order valence-corrected chi connectivity index (χ2v) is 15.9. The second-order valence-electron chi connectivity index (χ2n) is 11.8. The van der Waals surface area contributed by atoms with Gasteiger partial charge in [-0.1, -0.05) is 12.1 Å². The first-order valence-corrected chi connectivity index (χ1v) is 19.7. The van der Waals surface area contributed by atoms with Gasteiger partial charge in [-0.2, -0.15) is 10.2 Å². The Morgan fingerprint density at radius 1 is 0.593 bits per heavy atom. The number of rotatable bonds is 10. The summed E-state index contributed by atoms with van der Waals surface area (Å²) in [7, 11) is -13.0. The van der Waals surface area contributed by atoms with E-state index in [1.807, 2.05) is 0 Å². The normalized spacial score (nSPS) is 15.0. The van der Waals surface area contributed by atoms with Crippen LogP contribution in [0.25, 0.3) is 23.3 Å². The number of carbonyl (C=O) groups excluding carboxylic acids is 2.